The van der Waals surface area contributed by atoms with Crippen molar-refractivity contribution in [1.82, 2.24) is 9.69 Å². The Kier molecular flexibility index (Phi) is 2.12. The lowest BCUT2D eigenvalue weighted by atomic mass is 10.1. The summed E-state index contributed by atoms with van der Waals surface area (Å²) in [6.07, 6.45) is 0.617. The largest absolute Gasteiger partial charge is 0.391 e. The molecule has 0 saturated carbocycles. The molecule has 1 aliphatic rings. The molecule has 12 heavy (non-hydrogen) atoms. The number of rotatable bonds is 1. The average molecular weight is 184 g/mol. The zero-order valence-corrected chi connectivity index (χ0v) is 7.77. The SMILES string of the molecule is Cc1cc(C2NCCC2O)sn1. The standard InChI is InChI=1S/C8H12N2OS/c1-5-4-7(12-10-5)8-6(11)2-3-9-8/h4,6,8-9,11H,2-3H2,1H3. The molecule has 1 aromatic rings. The van der Waals surface area contributed by atoms with Crippen molar-refractivity contribution in [2.45, 2.75) is 25.5 Å². The van der Waals surface area contributed by atoms with E-state index in [-0.39, 0.29) is 12.1 Å². The van der Waals surface area contributed by atoms with Crippen LogP contribution < -0.4 is 5.32 Å². The van der Waals surface area contributed by atoms with Crippen LogP contribution in [-0.2, 0) is 0 Å². The van der Waals surface area contributed by atoms with E-state index in [1.54, 1.807) is 0 Å². The van der Waals surface area contributed by atoms with Crippen molar-refractivity contribution < 1.29 is 5.11 Å². The van der Waals surface area contributed by atoms with Gasteiger partial charge in [0, 0.05) is 4.88 Å². The summed E-state index contributed by atoms with van der Waals surface area (Å²) in [5, 5.41) is 12.8. The van der Waals surface area contributed by atoms with E-state index < -0.39 is 0 Å². The molecule has 1 fully saturated rings. The number of aryl methyl sites for hydroxylation is 1. The second-order valence-corrected chi connectivity index (χ2v) is 4.00. The van der Waals surface area contributed by atoms with E-state index in [9.17, 15) is 5.11 Å². The zero-order chi connectivity index (χ0) is 8.55. The second kappa shape index (κ2) is 3.12. The summed E-state index contributed by atoms with van der Waals surface area (Å²) < 4.78 is 4.19. The third-order valence-electron chi connectivity index (χ3n) is 2.14. The molecule has 0 spiro atoms. The van der Waals surface area contributed by atoms with Crippen LogP contribution in [0.1, 0.15) is 23.0 Å². The molecular formula is C8H12N2OS. The smallest absolute Gasteiger partial charge is 0.0755 e. The average Bonchev–Trinajstić information content (AvgIpc) is 2.58. The van der Waals surface area contributed by atoms with Gasteiger partial charge in [-0.25, -0.2) is 0 Å². The molecule has 2 unspecified atom stereocenters. The number of nitrogens with one attached hydrogen (secondary N) is 1. The van der Waals surface area contributed by atoms with Crippen LogP contribution in [0.15, 0.2) is 6.07 Å². The highest BCUT2D eigenvalue weighted by Gasteiger charge is 2.27. The first kappa shape index (κ1) is 8.16. The van der Waals surface area contributed by atoms with Crippen LogP contribution in [0.5, 0.6) is 0 Å². The minimum atomic E-state index is -0.232. The van der Waals surface area contributed by atoms with E-state index in [2.05, 4.69) is 9.69 Å². The van der Waals surface area contributed by atoms with Crippen molar-refractivity contribution in [2.75, 3.05) is 6.54 Å². The third-order valence-corrected chi connectivity index (χ3v) is 3.10. The molecule has 2 heterocycles. The Morgan fingerprint density at radius 3 is 3.08 bits per heavy atom. The molecular weight excluding hydrogens is 172 g/mol. The number of aromatic nitrogens is 1. The minimum absolute atomic E-state index is 0.121. The summed E-state index contributed by atoms with van der Waals surface area (Å²) in [5.41, 5.74) is 1.04. The first-order valence-corrected chi connectivity index (χ1v) is 4.89. The summed E-state index contributed by atoms with van der Waals surface area (Å²) in [4.78, 5) is 1.15. The van der Waals surface area contributed by atoms with Crippen molar-refractivity contribution >= 4 is 11.5 Å². The molecule has 1 aromatic heterocycles. The van der Waals surface area contributed by atoms with Gasteiger partial charge in [0.1, 0.15) is 0 Å². The van der Waals surface area contributed by atoms with Crippen molar-refractivity contribution in [3.63, 3.8) is 0 Å². The Labute approximate surface area is 75.6 Å². The van der Waals surface area contributed by atoms with E-state index in [1.807, 2.05) is 13.0 Å². The minimum Gasteiger partial charge on any atom is -0.391 e. The van der Waals surface area contributed by atoms with Gasteiger partial charge in [-0.2, -0.15) is 4.37 Å². The van der Waals surface area contributed by atoms with Gasteiger partial charge in [0.25, 0.3) is 0 Å². The highest BCUT2D eigenvalue weighted by molar-refractivity contribution is 7.05. The van der Waals surface area contributed by atoms with Gasteiger partial charge in [-0.3, -0.25) is 0 Å². The van der Waals surface area contributed by atoms with Crippen LogP contribution in [0.4, 0.5) is 0 Å². The first-order chi connectivity index (χ1) is 5.77. The van der Waals surface area contributed by atoms with Gasteiger partial charge >= 0.3 is 0 Å². The highest BCUT2D eigenvalue weighted by Crippen LogP contribution is 2.26. The summed E-state index contributed by atoms with van der Waals surface area (Å²) in [7, 11) is 0. The van der Waals surface area contributed by atoms with Crippen molar-refractivity contribution in [1.29, 1.82) is 0 Å². The topological polar surface area (TPSA) is 45.1 Å². The molecule has 4 heteroatoms. The van der Waals surface area contributed by atoms with Crippen LogP contribution in [-0.4, -0.2) is 22.1 Å². The predicted molar refractivity (Wildman–Crippen MR) is 48.2 cm³/mol. The number of nitrogens with zero attached hydrogens (tertiary/aromatic N) is 1. The normalized spacial score (nSPS) is 29.5. The van der Waals surface area contributed by atoms with Crippen LogP contribution >= 0.6 is 11.5 Å². The van der Waals surface area contributed by atoms with Gasteiger partial charge in [0.2, 0.25) is 0 Å². The summed E-state index contributed by atoms with van der Waals surface area (Å²) in [6, 6.07) is 2.16. The van der Waals surface area contributed by atoms with Crippen molar-refractivity contribution in [2.24, 2.45) is 0 Å². The van der Waals surface area contributed by atoms with Crippen molar-refractivity contribution in [3.8, 4) is 0 Å². The molecule has 2 atom stereocenters. The zero-order valence-electron chi connectivity index (χ0n) is 6.95. The molecule has 0 bridgehead atoms. The Morgan fingerprint density at radius 2 is 2.58 bits per heavy atom. The maximum absolute atomic E-state index is 9.57. The van der Waals surface area contributed by atoms with Gasteiger partial charge < -0.3 is 10.4 Å². The number of aliphatic hydroxyl groups is 1. The lowest BCUT2D eigenvalue weighted by molar-refractivity contribution is 0.161. The van der Waals surface area contributed by atoms with Gasteiger partial charge in [0.15, 0.2) is 0 Å². The maximum Gasteiger partial charge on any atom is 0.0755 e. The predicted octanol–water partition coefficient (Wildman–Crippen LogP) is 0.847. The lowest BCUT2D eigenvalue weighted by Gasteiger charge is -2.10. The molecule has 0 radical (unpaired) electrons. The molecule has 0 aliphatic carbocycles. The van der Waals surface area contributed by atoms with Gasteiger partial charge in [-0.15, -0.1) is 0 Å². The summed E-state index contributed by atoms with van der Waals surface area (Å²) >= 11 is 1.48. The first-order valence-electron chi connectivity index (χ1n) is 4.12. The fourth-order valence-electron chi connectivity index (χ4n) is 1.51. The Balaban J connectivity index is 2.19. The quantitative estimate of drug-likeness (QED) is 0.680. The number of aliphatic hydroxyl groups excluding tert-OH is 1. The van der Waals surface area contributed by atoms with Crippen LogP contribution in [0.25, 0.3) is 0 Å². The van der Waals surface area contributed by atoms with E-state index in [4.69, 9.17) is 0 Å². The molecule has 2 rings (SSSR count). The Bertz CT molecular complexity index is 274. The Morgan fingerprint density at radius 1 is 1.75 bits per heavy atom. The van der Waals surface area contributed by atoms with Gasteiger partial charge in [-0.05, 0) is 37.5 Å². The molecule has 2 N–H and O–H groups in total. The third kappa shape index (κ3) is 1.37. The fraction of sp³-hybridized carbons (Fsp3) is 0.625. The van der Waals surface area contributed by atoms with E-state index >= 15 is 0 Å². The number of hydrogen-bond acceptors (Lipinski definition) is 4. The molecule has 0 amide bonds. The van der Waals surface area contributed by atoms with Crippen LogP contribution in [0.3, 0.4) is 0 Å². The molecule has 0 aromatic carbocycles. The molecule has 1 aliphatic heterocycles. The van der Waals surface area contributed by atoms with Crippen LogP contribution in [0.2, 0.25) is 0 Å². The van der Waals surface area contributed by atoms with Gasteiger partial charge in [-0.1, -0.05) is 0 Å². The molecule has 1 saturated heterocycles. The second-order valence-electron chi connectivity index (χ2n) is 3.16. The summed E-state index contributed by atoms with van der Waals surface area (Å²) in [5.74, 6) is 0. The molecule has 3 nitrogen and oxygen atoms in total. The van der Waals surface area contributed by atoms with E-state index in [1.165, 1.54) is 11.5 Å². The van der Waals surface area contributed by atoms with E-state index in [0.29, 0.717) is 0 Å². The van der Waals surface area contributed by atoms with Gasteiger partial charge in [0.05, 0.1) is 17.8 Å². The fourth-order valence-corrected chi connectivity index (χ4v) is 2.39. The van der Waals surface area contributed by atoms with Crippen LogP contribution in [0, 0.1) is 6.92 Å². The summed E-state index contributed by atoms with van der Waals surface area (Å²) in [6.45, 7) is 2.88. The molecule has 66 valence electrons. The maximum atomic E-state index is 9.57. The lowest BCUT2D eigenvalue weighted by Crippen LogP contribution is -2.19. The number of hydrogen-bond donors (Lipinski definition) is 2. The highest BCUT2D eigenvalue weighted by atomic mass is 32.1. The Hall–Kier alpha value is -0.450. The monoisotopic (exact) mass is 184 g/mol. The van der Waals surface area contributed by atoms with Crippen molar-refractivity contribution in [3.05, 3.63) is 16.6 Å². The van der Waals surface area contributed by atoms with E-state index in [0.717, 1.165) is 23.5 Å².